The number of benzene rings is 1. The summed E-state index contributed by atoms with van der Waals surface area (Å²) in [5.41, 5.74) is 1.59. The lowest BCUT2D eigenvalue weighted by Crippen LogP contribution is -2.41. The molecule has 116 valence electrons. The van der Waals surface area contributed by atoms with E-state index in [1.807, 2.05) is 6.07 Å². The van der Waals surface area contributed by atoms with E-state index in [9.17, 15) is 0 Å². The lowest BCUT2D eigenvalue weighted by atomic mass is 9.76. The smallest absolute Gasteiger partial charge is 0.491 e. The number of hydrogen-bond donors (Lipinski definition) is 0. The van der Waals surface area contributed by atoms with Crippen molar-refractivity contribution in [3.8, 4) is 5.75 Å². The van der Waals surface area contributed by atoms with Gasteiger partial charge in [-0.2, -0.15) is 0 Å². The van der Waals surface area contributed by atoms with Gasteiger partial charge in [-0.3, -0.25) is 0 Å². The summed E-state index contributed by atoms with van der Waals surface area (Å²) in [6, 6.07) is 6.11. The van der Waals surface area contributed by atoms with Crippen molar-refractivity contribution >= 4 is 12.6 Å². The first-order valence-corrected chi connectivity index (χ1v) is 7.79. The quantitative estimate of drug-likeness (QED) is 0.795. The van der Waals surface area contributed by atoms with Crippen LogP contribution in [-0.2, 0) is 9.31 Å². The predicted molar refractivity (Wildman–Crippen MR) is 87.3 cm³/mol. The molecule has 1 aromatic rings. The second kappa shape index (κ2) is 5.66. The largest absolute Gasteiger partial charge is 0.495 e. The first-order chi connectivity index (χ1) is 9.66. The zero-order valence-electron chi connectivity index (χ0n) is 14.3. The molecule has 0 aromatic heterocycles. The molecule has 1 aromatic carbocycles. The van der Waals surface area contributed by atoms with Gasteiger partial charge < -0.3 is 14.0 Å². The van der Waals surface area contributed by atoms with E-state index in [-0.39, 0.29) is 24.4 Å². The van der Waals surface area contributed by atoms with Crippen molar-refractivity contribution in [1.82, 2.24) is 0 Å². The van der Waals surface area contributed by atoms with Crippen LogP contribution in [0.1, 0.15) is 53.5 Å². The fraction of sp³-hybridized carbons (Fsp3) is 0.647. The van der Waals surface area contributed by atoms with Crippen LogP contribution in [0.5, 0.6) is 5.75 Å². The SMILES string of the molecule is CCC(C)Oc1ccc(B2OC(C)(C)C(C)(C)O2)c(C)c1. The molecule has 1 unspecified atom stereocenters. The second-order valence-electron chi connectivity index (χ2n) is 6.94. The molecule has 2 rings (SSSR count). The summed E-state index contributed by atoms with van der Waals surface area (Å²) in [7, 11) is -0.312. The molecule has 1 aliphatic rings. The predicted octanol–water partition coefficient (Wildman–Crippen LogP) is 3.47. The van der Waals surface area contributed by atoms with Gasteiger partial charge in [-0.1, -0.05) is 13.0 Å². The molecule has 1 saturated heterocycles. The zero-order valence-corrected chi connectivity index (χ0v) is 14.3. The maximum atomic E-state index is 6.11. The monoisotopic (exact) mass is 290 g/mol. The Morgan fingerprint density at radius 2 is 1.71 bits per heavy atom. The van der Waals surface area contributed by atoms with Crippen LogP contribution < -0.4 is 10.2 Å². The summed E-state index contributed by atoms with van der Waals surface area (Å²) in [5, 5.41) is 0. The van der Waals surface area contributed by atoms with E-state index in [1.165, 1.54) is 0 Å². The Hall–Kier alpha value is -0.995. The molecule has 3 nitrogen and oxygen atoms in total. The van der Waals surface area contributed by atoms with Gasteiger partial charge in [0.1, 0.15) is 5.75 Å². The van der Waals surface area contributed by atoms with Crippen molar-refractivity contribution in [2.45, 2.75) is 72.2 Å². The van der Waals surface area contributed by atoms with Crippen molar-refractivity contribution in [2.75, 3.05) is 0 Å². The van der Waals surface area contributed by atoms with Crippen LogP contribution >= 0.6 is 0 Å². The summed E-state index contributed by atoms with van der Waals surface area (Å²) in [4.78, 5) is 0. The lowest BCUT2D eigenvalue weighted by molar-refractivity contribution is 0.00578. The molecular formula is C17H27BO3. The highest BCUT2D eigenvalue weighted by Gasteiger charge is 2.52. The van der Waals surface area contributed by atoms with E-state index < -0.39 is 0 Å². The minimum Gasteiger partial charge on any atom is -0.491 e. The molecule has 1 heterocycles. The Morgan fingerprint density at radius 3 is 2.19 bits per heavy atom. The van der Waals surface area contributed by atoms with Crippen LogP contribution in [0.2, 0.25) is 0 Å². The summed E-state index contributed by atoms with van der Waals surface area (Å²) in [6.45, 7) is 14.6. The van der Waals surface area contributed by atoms with Gasteiger partial charge in [-0.15, -0.1) is 0 Å². The zero-order chi connectivity index (χ0) is 15.8. The van der Waals surface area contributed by atoms with Crippen molar-refractivity contribution in [2.24, 2.45) is 0 Å². The minimum absolute atomic E-state index is 0.229. The molecular weight excluding hydrogens is 263 g/mol. The van der Waals surface area contributed by atoms with Crippen LogP contribution in [-0.4, -0.2) is 24.4 Å². The molecule has 0 amide bonds. The van der Waals surface area contributed by atoms with E-state index in [4.69, 9.17) is 14.0 Å². The van der Waals surface area contributed by atoms with Gasteiger partial charge in [-0.05, 0) is 71.1 Å². The van der Waals surface area contributed by atoms with Gasteiger partial charge in [0, 0.05) is 0 Å². The Morgan fingerprint density at radius 1 is 1.14 bits per heavy atom. The Labute approximate surface area is 129 Å². The van der Waals surface area contributed by atoms with Crippen LogP contribution in [0.3, 0.4) is 0 Å². The molecule has 0 aliphatic carbocycles. The standard InChI is InChI=1S/C17H27BO3/c1-8-13(3)19-14-9-10-15(12(2)11-14)18-20-16(4,5)17(6,7)21-18/h9-11,13H,8H2,1-7H3. The van der Waals surface area contributed by atoms with Gasteiger partial charge in [0.2, 0.25) is 0 Å². The fourth-order valence-electron chi connectivity index (χ4n) is 2.27. The third-order valence-electron chi connectivity index (χ3n) is 4.66. The third kappa shape index (κ3) is 3.27. The van der Waals surface area contributed by atoms with Crippen LogP contribution in [0.15, 0.2) is 18.2 Å². The topological polar surface area (TPSA) is 27.7 Å². The Bertz CT molecular complexity index is 495. The number of hydrogen-bond acceptors (Lipinski definition) is 3. The molecule has 1 fully saturated rings. The highest BCUT2D eigenvalue weighted by atomic mass is 16.7. The molecule has 0 spiro atoms. The number of rotatable bonds is 4. The Kier molecular flexibility index (Phi) is 4.41. The van der Waals surface area contributed by atoms with Crippen molar-refractivity contribution in [3.05, 3.63) is 23.8 Å². The third-order valence-corrected chi connectivity index (χ3v) is 4.66. The molecule has 0 saturated carbocycles. The molecule has 1 aliphatic heterocycles. The molecule has 1 atom stereocenters. The highest BCUT2D eigenvalue weighted by molar-refractivity contribution is 6.62. The van der Waals surface area contributed by atoms with Gasteiger partial charge >= 0.3 is 7.12 Å². The molecule has 21 heavy (non-hydrogen) atoms. The highest BCUT2D eigenvalue weighted by Crippen LogP contribution is 2.36. The van der Waals surface area contributed by atoms with Gasteiger partial charge in [0.25, 0.3) is 0 Å². The van der Waals surface area contributed by atoms with Crippen LogP contribution in [0.4, 0.5) is 0 Å². The molecule has 4 heteroatoms. The summed E-state index contributed by atoms with van der Waals surface area (Å²) >= 11 is 0. The van der Waals surface area contributed by atoms with E-state index in [0.29, 0.717) is 0 Å². The van der Waals surface area contributed by atoms with Crippen LogP contribution in [0, 0.1) is 6.92 Å². The van der Waals surface area contributed by atoms with E-state index >= 15 is 0 Å². The van der Waals surface area contributed by atoms with Crippen molar-refractivity contribution < 1.29 is 14.0 Å². The minimum atomic E-state index is -0.312. The summed E-state index contributed by atoms with van der Waals surface area (Å²) in [6.07, 6.45) is 1.23. The lowest BCUT2D eigenvalue weighted by Gasteiger charge is -2.32. The van der Waals surface area contributed by atoms with Gasteiger partial charge in [0.15, 0.2) is 0 Å². The number of aryl methyl sites for hydroxylation is 1. The summed E-state index contributed by atoms with van der Waals surface area (Å²) < 4.78 is 18.1. The van der Waals surface area contributed by atoms with Gasteiger partial charge in [-0.25, -0.2) is 0 Å². The van der Waals surface area contributed by atoms with E-state index in [2.05, 4.69) is 60.6 Å². The number of ether oxygens (including phenoxy) is 1. The van der Waals surface area contributed by atoms with Crippen molar-refractivity contribution in [1.29, 1.82) is 0 Å². The first-order valence-electron chi connectivity index (χ1n) is 7.79. The normalized spacial score (nSPS) is 21.4. The summed E-state index contributed by atoms with van der Waals surface area (Å²) in [5.74, 6) is 0.905. The van der Waals surface area contributed by atoms with E-state index in [0.717, 1.165) is 23.2 Å². The average molecular weight is 290 g/mol. The Balaban J connectivity index is 2.19. The molecule has 0 bridgehead atoms. The molecule has 0 N–H and O–H groups in total. The van der Waals surface area contributed by atoms with E-state index in [1.54, 1.807) is 0 Å². The second-order valence-corrected chi connectivity index (χ2v) is 6.94. The fourth-order valence-corrected chi connectivity index (χ4v) is 2.27. The van der Waals surface area contributed by atoms with Crippen LogP contribution in [0.25, 0.3) is 0 Å². The maximum Gasteiger partial charge on any atom is 0.495 e. The molecule has 0 radical (unpaired) electrons. The maximum absolute atomic E-state index is 6.11. The first kappa shape index (κ1) is 16.4. The van der Waals surface area contributed by atoms with Gasteiger partial charge in [0.05, 0.1) is 17.3 Å². The average Bonchev–Trinajstić information content (AvgIpc) is 2.58. The van der Waals surface area contributed by atoms with Crippen molar-refractivity contribution in [3.63, 3.8) is 0 Å².